The van der Waals surface area contributed by atoms with Gasteiger partial charge in [0.05, 0.1) is 22.8 Å². The lowest BCUT2D eigenvalue weighted by molar-refractivity contribution is 0.164. The van der Waals surface area contributed by atoms with Crippen LogP contribution in [0.5, 0.6) is 11.5 Å². The van der Waals surface area contributed by atoms with E-state index >= 15 is 0 Å². The molecule has 27 heavy (non-hydrogen) atoms. The molecule has 1 heterocycles. The summed E-state index contributed by atoms with van der Waals surface area (Å²) in [4.78, 5) is 1.89. The van der Waals surface area contributed by atoms with Crippen LogP contribution < -0.4 is 14.2 Å². The Hall–Kier alpha value is -1.67. The largest absolute Gasteiger partial charge is 0.496 e. The van der Waals surface area contributed by atoms with Gasteiger partial charge >= 0.3 is 0 Å². The van der Waals surface area contributed by atoms with Crippen molar-refractivity contribution in [3.8, 4) is 11.5 Å². The summed E-state index contributed by atoms with van der Waals surface area (Å²) in [7, 11) is 1.51. The minimum Gasteiger partial charge on any atom is -0.496 e. The molecule has 0 saturated carbocycles. The fourth-order valence-corrected chi connectivity index (χ4v) is 5.19. The first-order valence-corrected chi connectivity index (χ1v) is 10.4. The highest BCUT2D eigenvalue weighted by Crippen LogP contribution is 2.41. The van der Waals surface area contributed by atoms with Gasteiger partial charge in [-0.25, -0.2) is 8.42 Å². The lowest BCUT2D eigenvalue weighted by atomic mass is 10.00. The van der Waals surface area contributed by atoms with Gasteiger partial charge < -0.3 is 14.4 Å². The fourth-order valence-electron chi connectivity index (χ4n) is 2.98. The highest BCUT2D eigenvalue weighted by atomic mass is 35.5. The normalized spacial score (nSPS) is 16.6. The van der Waals surface area contributed by atoms with Crippen molar-refractivity contribution in [3.05, 3.63) is 45.9 Å². The first-order valence-electron chi connectivity index (χ1n) is 8.20. The van der Waals surface area contributed by atoms with Crippen LogP contribution in [-0.2, 0) is 16.4 Å². The number of nitrogens with one attached hydrogen (secondary N) is 1. The van der Waals surface area contributed by atoms with Crippen molar-refractivity contribution < 1.29 is 17.9 Å². The van der Waals surface area contributed by atoms with Crippen molar-refractivity contribution in [2.45, 2.75) is 17.4 Å². The van der Waals surface area contributed by atoms with Crippen molar-refractivity contribution in [3.63, 3.8) is 0 Å². The SMILES string of the molecule is COc1ccc(NS(=O)(=O)c2c(Cl)cccc2Cl)c2c1C[C@@H](N(C)C)CO2. The number of methoxy groups -OCH3 is 1. The van der Waals surface area contributed by atoms with Gasteiger partial charge in [-0.1, -0.05) is 29.3 Å². The third-order valence-corrected chi connectivity index (χ3v) is 6.78. The summed E-state index contributed by atoms with van der Waals surface area (Å²) in [5, 5.41) is 0.0944. The minimum atomic E-state index is -4.00. The lowest BCUT2D eigenvalue weighted by Gasteiger charge is -2.32. The number of fused-ring (bicyclic) bond motifs is 1. The van der Waals surface area contributed by atoms with E-state index in [0.29, 0.717) is 30.2 Å². The van der Waals surface area contributed by atoms with Crippen molar-refractivity contribution in [1.29, 1.82) is 0 Å². The van der Waals surface area contributed by atoms with Crippen LogP contribution in [0.3, 0.4) is 0 Å². The molecule has 0 saturated heterocycles. The topological polar surface area (TPSA) is 67.9 Å². The molecule has 1 aliphatic rings. The smallest absolute Gasteiger partial charge is 0.264 e. The highest BCUT2D eigenvalue weighted by molar-refractivity contribution is 7.93. The number of benzene rings is 2. The molecular weight excluding hydrogens is 411 g/mol. The number of hydrogen-bond donors (Lipinski definition) is 1. The van der Waals surface area contributed by atoms with Gasteiger partial charge in [-0.15, -0.1) is 0 Å². The van der Waals surface area contributed by atoms with Crippen LogP contribution in [0.2, 0.25) is 10.0 Å². The Kier molecular flexibility index (Phi) is 5.76. The van der Waals surface area contributed by atoms with E-state index in [0.717, 1.165) is 5.56 Å². The first kappa shape index (κ1) is 20.1. The van der Waals surface area contributed by atoms with Crippen LogP contribution in [0.1, 0.15) is 5.56 Å². The third-order valence-electron chi connectivity index (χ3n) is 4.46. The standard InChI is InChI=1S/C18H20Cl2N2O4S/c1-22(2)11-9-12-16(25-3)8-7-15(17(12)26-10-11)21-27(23,24)18-13(19)5-4-6-14(18)20/h4-8,11,21H,9-10H2,1-3H3/t11-/m1/s1. The molecule has 0 unspecified atom stereocenters. The monoisotopic (exact) mass is 430 g/mol. The molecule has 0 aromatic heterocycles. The molecule has 0 aliphatic carbocycles. The van der Waals surface area contributed by atoms with Gasteiger partial charge in [0, 0.05) is 11.6 Å². The molecule has 9 heteroatoms. The zero-order valence-corrected chi connectivity index (χ0v) is 17.5. The van der Waals surface area contributed by atoms with Gasteiger partial charge in [0.2, 0.25) is 0 Å². The van der Waals surface area contributed by atoms with Gasteiger partial charge in [-0.2, -0.15) is 0 Å². The summed E-state index contributed by atoms with van der Waals surface area (Å²) >= 11 is 12.1. The minimum absolute atomic E-state index is 0.0472. The summed E-state index contributed by atoms with van der Waals surface area (Å²) in [5.41, 5.74) is 1.13. The molecule has 0 bridgehead atoms. The molecule has 0 radical (unpaired) electrons. The summed E-state index contributed by atoms with van der Waals surface area (Å²) < 4.78 is 39.6. The number of hydrogen-bond acceptors (Lipinski definition) is 5. The summed E-state index contributed by atoms with van der Waals surface area (Å²) in [6.45, 7) is 0.439. The Labute approximate surface area is 169 Å². The molecule has 2 aromatic rings. The maximum atomic E-state index is 12.9. The van der Waals surface area contributed by atoms with Gasteiger partial charge in [0.15, 0.2) is 0 Å². The van der Waals surface area contributed by atoms with Crippen LogP contribution in [0.15, 0.2) is 35.2 Å². The number of nitrogens with zero attached hydrogens (tertiary/aromatic N) is 1. The maximum Gasteiger partial charge on any atom is 0.264 e. The van der Waals surface area contributed by atoms with Crippen LogP contribution >= 0.6 is 23.2 Å². The second kappa shape index (κ2) is 7.75. The van der Waals surface area contributed by atoms with Crippen LogP contribution in [-0.4, -0.2) is 47.2 Å². The van der Waals surface area contributed by atoms with E-state index in [1.54, 1.807) is 25.3 Å². The number of rotatable bonds is 5. The molecule has 1 aliphatic heterocycles. The Balaban J connectivity index is 2.03. The highest BCUT2D eigenvalue weighted by Gasteiger charge is 2.29. The van der Waals surface area contributed by atoms with Crippen molar-refractivity contribution in [2.24, 2.45) is 0 Å². The van der Waals surface area contributed by atoms with E-state index in [1.165, 1.54) is 12.1 Å². The Morgan fingerprint density at radius 2 is 1.85 bits per heavy atom. The van der Waals surface area contributed by atoms with Crippen molar-refractivity contribution in [2.75, 3.05) is 32.5 Å². The second-order valence-electron chi connectivity index (χ2n) is 6.41. The first-order chi connectivity index (χ1) is 12.7. The summed E-state index contributed by atoms with van der Waals surface area (Å²) in [6, 6.07) is 8.02. The number of sulfonamides is 1. The Bertz CT molecular complexity index is 944. The van der Waals surface area contributed by atoms with E-state index in [9.17, 15) is 8.42 Å². The molecule has 0 spiro atoms. The summed E-state index contributed by atoms with van der Waals surface area (Å²) in [5.74, 6) is 1.11. The summed E-state index contributed by atoms with van der Waals surface area (Å²) in [6.07, 6.45) is 0.675. The van der Waals surface area contributed by atoms with E-state index in [1.807, 2.05) is 14.1 Å². The Morgan fingerprint density at radius 1 is 1.19 bits per heavy atom. The number of ether oxygens (including phenoxy) is 2. The predicted octanol–water partition coefficient (Wildman–Crippen LogP) is 3.67. The third kappa shape index (κ3) is 3.96. The number of likely N-dealkylation sites (N-methyl/N-ethyl adjacent to an activating group) is 1. The lowest BCUT2D eigenvalue weighted by Crippen LogP contribution is -2.38. The fraction of sp³-hybridized carbons (Fsp3) is 0.333. The predicted molar refractivity (Wildman–Crippen MR) is 107 cm³/mol. The van der Waals surface area contributed by atoms with E-state index < -0.39 is 10.0 Å². The average Bonchev–Trinajstić information content (AvgIpc) is 2.60. The molecule has 6 nitrogen and oxygen atoms in total. The van der Waals surface area contributed by atoms with Crippen LogP contribution in [0.25, 0.3) is 0 Å². The number of anilines is 1. The molecule has 0 fully saturated rings. The van der Waals surface area contributed by atoms with E-state index in [-0.39, 0.29) is 21.0 Å². The maximum absolute atomic E-state index is 12.9. The Morgan fingerprint density at radius 3 is 2.44 bits per heavy atom. The van der Waals surface area contributed by atoms with Gasteiger partial charge in [0.25, 0.3) is 10.0 Å². The van der Waals surface area contributed by atoms with Gasteiger partial charge in [0.1, 0.15) is 23.0 Å². The zero-order chi connectivity index (χ0) is 19.8. The quantitative estimate of drug-likeness (QED) is 0.783. The van der Waals surface area contributed by atoms with Crippen molar-refractivity contribution >= 4 is 38.9 Å². The zero-order valence-electron chi connectivity index (χ0n) is 15.1. The molecular formula is C18H20Cl2N2O4S. The molecule has 2 aromatic carbocycles. The molecule has 1 N–H and O–H groups in total. The van der Waals surface area contributed by atoms with Gasteiger partial charge in [-0.05, 0) is 44.8 Å². The second-order valence-corrected chi connectivity index (χ2v) is 8.85. The van der Waals surface area contributed by atoms with Crippen molar-refractivity contribution in [1.82, 2.24) is 4.90 Å². The van der Waals surface area contributed by atoms with Gasteiger partial charge in [-0.3, -0.25) is 4.72 Å². The van der Waals surface area contributed by atoms with Crippen LogP contribution in [0, 0.1) is 0 Å². The number of halogens is 2. The van der Waals surface area contributed by atoms with E-state index in [4.69, 9.17) is 32.7 Å². The molecule has 3 rings (SSSR count). The van der Waals surface area contributed by atoms with Crippen LogP contribution in [0.4, 0.5) is 5.69 Å². The molecule has 0 amide bonds. The molecule has 146 valence electrons. The average molecular weight is 431 g/mol. The van der Waals surface area contributed by atoms with E-state index in [2.05, 4.69) is 9.62 Å². The molecule has 1 atom stereocenters.